The van der Waals surface area contributed by atoms with Crippen molar-refractivity contribution < 1.29 is 14.4 Å². The molecule has 1 atom stereocenters. The summed E-state index contributed by atoms with van der Waals surface area (Å²) in [4.78, 5) is 10.4. The minimum atomic E-state index is -0.416. The molecule has 94 valence electrons. The number of ether oxygens (including phenoxy) is 2. The van der Waals surface area contributed by atoms with Gasteiger partial charge in [-0.05, 0) is 6.07 Å². The van der Waals surface area contributed by atoms with Crippen molar-refractivity contribution in [3.8, 4) is 0 Å². The predicted molar refractivity (Wildman–Crippen MR) is 64.3 cm³/mol. The Hall–Kier alpha value is -1.66. The van der Waals surface area contributed by atoms with Gasteiger partial charge in [0.2, 0.25) is 0 Å². The molecule has 6 heteroatoms. The van der Waals surface area contributed by atoms with E-state index in [1.807, 2.05) is 0 Å². The Bertz CT molecular complexity index is 370. The fourth-order valence-electron chi connectivity index (χ4n) is 1.40. The second kappa shape index (κ2) is 6.82. The Morgan fingerprint density at radius 3 is 2.71 bits per heavy atom. The van der Waals surface area contributed by atoms with Crippen LogP contribution in [0.3, 0.4) is 0 Å². The molecule has 0 saturated heterocycles. The van der Waals surface area contributed by atoms with Gasteiger partial charge in [0, 0.05) is 26.8 Å². The van der Waals surface area contributed by atoms with Crippen molar-refractivity contribution in [1.29, 1.82) is 0 Å². The summed E-state index contributed by atoms with van der Waals surface area (Å²) in [7, 11) is 3.15. The van der Waals surface area contributed by atoms with Crippen LogP contribution in [0.2, 0.25) is 0 Å². The molecule has 0 saturated carbocycles. The molecule has 1 aromatic carbocycles. The van der Waals surface area contributed by atoms with Crippen molar-refractivity contribution in [2.45, 2.75) is 6.10 Å². The van der Waals surface area contributed by atoms with Crippen molar-refractivity contribution >= 4 is 11.4 Å². The molecular weight excluding hydrogens is 224 g/mol. The molecule has 1 rings (SSSR count). The van der Waals surface area contributed by atoms with E-state index in [2.05, 4.69) is 5.32 Å². The smallest absolute Gasteiger partial charge is 0.292 e. The number of nitro benzene ring substituents is 1. The third-order valence-corrected chi connectivity index (χ3v) is 2.31. The number of hydrogen-bond acceptors (Lipinski definition) is 5. The topological polar surface area (TPSA) is 73.6 Å². The molecule has 0 heterocycles. The van der Waals surface area contributed by atoms with Gasteiger partial charge in [-0.25, -0.2) is 0 Å². The number of hydrogen-bond donors (Lipinski definition) is 1. The summed E-state index contributed by atoms with van der Waals surface area (Å²) in [6.07, 6.45) is -0.139. The number of nitro groups is 1. The number of nitrogens with one attached hydrogen (secondary N) is 1. The number of para-hydroxylation sites is 2. The summed E-state index contributed by atoms with van der Waals surface area (Å²) < 4.78 is 10.1. The van der Waals surface area contributed by atoms with Crippen molar-refractivity contribution in [3.05, 3.63) is 34.4 Å². The highest BCUT2D eigenvalue weighted by atomic mass is 16.6. The SMILES string of the molecule is COCC(CNc1ccccc1[N+](=O)[O-])OC. The highest BCUT2D eigenvalue weighted by Gasteiger charge is 2.13. The van der Waals surface area contributed by atoms with E-state index < -0.39 is 4.92 Å². The van der Waals surface area contributed by atoms with Crippen molar-refractivity contribution in [1.82, 2.24) is 0 Å². The van der Waals surface area contributed by atoms with Gasteiger partial charge in [0.25, 0.3) is 5.69 Å². The van der Waals surface area contributed by atoms with Crippen LogP contribution >= 0.6 is 0 Å². The van der Waals surface area contributed by atoms with E-state index in [-0.39, 0.29) is 11.8 Å². The fraction of sp³-hybridized carbons (Fsp3) is 0.455. The monoisotopic (exact) mass is 240 g/mol. The van der Waals surface area contributed by atoms with Crippen LogP contribution in [0.15, 0.2) is 24.3 Å². The van der Waals surface area contributed by atoms with Crippen LogP contribution in [-0.2, 0) is 9.47 Å². The lowest BCUT2D eigenvalue weighted by molar-refractivity contribution is -0.384. The average Bonchev–Trinajstić information content (AvgIpc) is 2.34. The van der Waals surface area contributed by atoms with E-state index in [0.29, 0.717) is 18.8 Å². The molecule has 1 unspecified atom stereocenters. The predicted octanol–water partition coefficient (Wildman–Crippen LogP) is 1.67. The second-order valence-electron chi connectivity index (χ2n) is 3.47. The molecule has 6 nitrogen and oxygen atoms in total. The minimum Gasteiger partial charge on any atom is -0.382 e. The fourth-order valence-corrected chi connectivity index (χ4v) is 1.40. The maximum atomic E-state index is 10.8. The second-order valence-corrected chi connectivity index (χ2v) is 3.47. The van der Waals surface area contributed by atoms with Gasteiger partial charge >= 0.3 is 0 Å². The van der Waals surface area contributed by atoms with Crippen LogP contribution in [0.1, 0.15) is 0 Å². The molecule has 0 fully saturated rings. The summed E-state index contributed by atoms with van der Waals surface area (Å²) in [6, 6.07) is 6.50. The molecular formula is C11H16N2O4. The Morgan fingerprint density at radius 1 is 1.41 bits per heavy atom. The van der Waals surface area contributed by atoms with E-state index >= 15 is 0 Å². The van der Waals surface area contributed by atoms with Crippen molar-refractivity contribution in [3.63, 3.8) is 0 Å². The standard InChI is InChI=1S/C11H16N2O4/c1-16-8-9(17-2)7-12-10-5-3-4-6-11(10)13(14)15/h3-6,9,12H,7-8H2,1-2H3. The zero-order valence-electron chi connectivity index (χ0n) is 9.88. The maximum absolute atomic E-state index is 10.8. The molecule has 0 bridgehead atoms. The maximum Gasteiger partial charge on any atom is 0.292 e. The van der Waals surface area contributed by atoms with Crippen molar-refractivity contribution in [2.24, 2.45) is 0 Å². The van der Waals surface area contributed by atoms with E-state index in [4.69, 9.17) is 9.47 Å². The Labute approximate surface area is 99.7 Å². The van der Waals surface area contributed by atoms with Gasteiger partial charge in [-0.1, -0.05) is 12.1 Å². The Morgan fingerprint density at radius 2 is 2.12 bits per heavy atom. The molecule has 0 amide bonds. The highest BCUT2D eigenvalue weighted by molar-refractivity contribution is 5.61. The number of methoxy groups -OCH3 is 2. The van der Waals surface area contributed by atoms with Crippen LogP contribution in [-0.4, -0.2) is 38.4 Å². The van der Waals surface area contributed by atoms with E-state index in [1.54, 1.807) is 32.4 Å². The number of benzene rings is 1. The largest absolute Gasteiger partial charge is 0.382 e. The van der Waals surface area contributed by atoms with E-state index in [0.717, 1.165) is 0 Å². The van der Waals surface area contributed by atoms with Gasteiger partial charge in [-0.3, -0.25) is 10.1 Å². The average molecular weight is 240 g/mol. The van der Waals surface area contributed by atoms with Gasteiger partial charge < -0.3 is 14.8 Å². The van der Waals surface area contributed by atoms with Crippen molar-refractivity contribution in [2.75, 3.05) is 32.7 Å². The first-order valence-electron chi connectivity index (χ1n) is 5.18. The first-order chi connectivity index (χ1) is 8.19. The molecule has 0 aromatic heterocycles. The first-order valence-corrected chi connectivity index (χ1v) is 5.18. The zero-order chi connectivity index (χ0) is 12.7. The lowest BCUT2D eigenvalue weighted by Gasteiger charge is -2.15. The lowest BCUT2D eigenvalue weighted by atomic mass is 10.2. The normalized spacial score (nSPS) is 12.1. The Kier molecular flexibility index (Phi) is 5.38. The molecule has 0 aliphatic heterocycles. The zero-order valence-corrected chi connectivity index (χ0v) is 9.88. The third-order valence-electron chi connectivity index (χ3n) is 2.31. The molecule has 0 radical (unpaired) electrons. The van der Waals surface area contributed by atoms with E-state index in [1.165, 1.54) is 6.07 Å². The van der Waals surface area contributed by atoms with Gasteiger partial charge in [0.1, 0.15) is 5.69 Å². The van der Waals surface area contributed by atoms with Gasteiger partial charge in [0.05, 0.1) is 17.6 Å². The summed E-state index contributed by atoms with van der Waals surface area (Å²) in [5.74, 6) is 0. The van der Waals surface area contributed by atoms with Crippen LogP contribution in [0.5, 0.6) is 0 Å². The first kappa shape index (κ1) is 13.4. The third kappa shape index (κ3) is 4.01. The number of rotatable bonds is 7. The quantitative estimate of drug-likeness (QED) is 0.579. The molecule has 0 aliphatic carbocycles. The molecule has 0 aliphatic rings. The lowest BCUT2D eigenvalue weighted by Crippen LogP contribution is -2.26. The van der Waals surface area contributed by atoms with E-state index in [9.17, 15) is 10.1 Å². The molecule has 1 N–H and O–H groups in total. The highest BCUT2D eigenvalue weighted by Crippen LogP contribution is 2.22. The molecule has 0 spiro atoms. The summed E-state index contributed by atoms with van der Waals surface area (Å²) in [5, 5.41) is 13.8. The molecule has 17 heavy (non-hydrogen) atoms. The molecule has 1 aromatic rings. The van der Waals surface area contributed by atoms with Crippen LogP contribution < -0.4 is 5.32 Å². The summed E-state index contributed by atoms with van der Waals surface area (Å²) >= 11 is 0. The summed E-state index contributed by atoms with van der Waals surface area (Å²) in [6.45, 7) is 0.888. The van der Waals surface area contributed by atoms with Gasteiger partial charge in [-0.15, -0.1) is 0 Å². The van der Waals surface area contributed by atoms with Gasteiger partial charge in [-0.2, -0.15) is 0 Å². The number of nitrogens with zero attached hydrogens (tertiary/aromatic N) is 1. The number of anilines is 1. The van der Waals surface area contributed by atoms with Crippen LogP contribution in [0.4, 0.5) is 11.4 Å². The van der Waals surface area contributed by atoms with Gasteiger partial charge in [0.15, 0.2) is 0 Å². The van der Waals surface area contributed by atoms with Crippen LogP contribution in [0.25, 0.3) is 0 Å². The summed E-state index contributed by atoms with van der Waals surface area (Å²) in [5.41, 5.74) is 0.537. The Balaban J connectivity index is 2.65. The van der Waals surface area contributed by atoms with Crippen LogP contribution in [0, 0.1) is 10.1 Å². The minimum absolute atomic E-state index is 0.0553.